The van der Waals surface area contributed by atoms with Gasteiger partial charge in [-0.05, 0) is 46.7 Å². The number of hydrogen-bond donors (Lipinski definition) is 2. The van der Waals surface area contributed by atoms with Crippen LogP contribution in [0.4, 0.5) is 0 Å². The van der Waals surface area contributed by atoms with Crippen molar-refractivity contribution in [1.29, 1.82) is 0 Å². The van der Waals surface area contributed by atoms with E-state index in [4.69, 9.17) is 4.74 Å². The molecule has 5 heteroatoms. The number of aromatic nitrogens is 1. The number of nitrogens with zero attached hydrogens (tertiary/aromatic N) is 2. The molecule has 5 nitrogen and oxygen atoms in total. The van der Waals surface area contributed by atoms with Crippen molar-refractivity contribution in [2.45, 2.75) is 13.1 Å². The fourth-order valence-corrected chi connectivity index (χ4v) is 2.59. The number of rotatable bonds is 5. The van der Waals surface area contributed by atoms with Crippen LogP contribution in [-0.2, 0) is 13.1 Å². The molecule has 1 heterocycles. The van der Waals surface area contributed by atoms with Crippen molar-refractivity contribution < 1.29 is 4.74 Å². The molecule has 0 aliphatic heterocycles. The summed E-state index contributed by atoms with van der Waals surface area (Å²) < 4.78 is 5.27. The van der Waals surface area contributed by atoms with Crippen LogP contribution in [0.2, 0.25) is 0 Å². The van der Waals surface area contributed by atoms with Gasteiger partial charge in [-0.3, -0.25) is 9.98 Å². The quantitative estimate of drug-likeness (QED) is 0.556. The summed E-state index contributed by atoms with van der Waals surface area (Å²) in [6, 6.07) is 18.4. The second-order valence-electron chi connectivity index (χ2n) is 5.65. The molecular formula is C20H22N4O. The molecule has 0 atom stereocenters. The maximum absolute atomic E-state index is 5.27. The molecule has 2 aromatic carbocycles. The van der Waals surface area contributed by atoms with Crippen LogP contribution in [0.3, 0.4) is 0 Å². The Labute approximate surface area is 147 Å². The summed E-state index contributed by atoms with van der Waals surface area (Å²) >= 11 is 0. The van der Waals surface area contributed by atoms with Gasteiger partial charge in [-0.25, -0.2) is 0 Å². The molecule has 128 valence electrons. The summed E-state index contributed by atoms with van der Waals surface area (Å²) in [6.45, 7) is 1.34. The van der Waals surface area contributed by atoms with Gasteiger partial charge in [0.15, 0.2) is 5.96 Å². The molecule has 0 aliphatic carbocycles. The number of fused-ring (bicyclic) bond motifs is 1. The zero-order chi connectivity index (χ0) is 17.5. The summed E-state index contributed by atoms with van der Waals surface area (Å²) in [7, 11) is 3.45. The highest BCUT2D eigenvalue weighted by atomic mass is 16.5. The number of aliphatic imine (C=N–C) groups is 1. The lowest BCUT2D eigenvalue weighted by Crippen LogP contribution is -2.36. The van der Waals surface area contributed by atoms with Crippen LogP contribution < -0.4 is 15.4 Å². The minimum Gasteiger partial charge on any atom is -0.497 e. The molecule has 0 fully saturated rings. The van der Waals surface area contributed by atoms with E-state index in [1.54, 1.807) is 20.4 Å². The molecule has 3 rings (SSSR count). The lowest BCUT2D eigenvalue weighted by atomic mass is 10.1. The first-order valence-electron chi connectivity index (χ1n) is 8.19. The van der Waals surface area contributed by atoms with Gasteiger partial charge in [0.05, 0.1) is 19.3 Å². The van der Waals surface area contributed by atoms with Crippen LogP contribution in [0.1, 0.15) is 11.3 Å². The third kappa shape index (κ3) is 4.47. The van der Waals surface area contributed by atoms with E-state index in [-0.39, 0.29) is 0 Å². The van der Waals surface area contributed by atoms with E-state index < -0.39 is 0 Å². The molecule has 0 saturated carbocycles. The number of guanidine groups is 1. The summed E-state index contributed by atoms with van der Waals surface area (Å²) in [5.74, 6) is 1.62. The largest absolute Gasteiger partial charge is 0.497 e. The molecule has 0 aliphatic rings. The van der Waals surface area contributed by atoms with Gasteiger partial charge in [0.25, 0.3) is 0 Å². The summed E-state index contributed by atoms with van der Waals surface area (Å²) in [6.07, 6.45) is 1.79. The van der Waals surface area contributed by atoms with E-state index in [9.17, 15) is 0 Å². The minimum absolute atomic E-state index is 0.637. The lowest BCUT2D eigenvalue weighted by Gasteiger charge is -2.12. The van der Waals surface area contributed by atoms with E-state index in [2.05, 4.69) is 44.9 Å². The van der Waals surface area contributed by atoms with Crippen molar-refractivity contribution in [1.82, 2.24) is 15.6 Å². The van der Waals surface area contributed by atoms with Crippen molar-refractivity contribution in [2.24, 2.45) is 4.99 Å². The standard InChI is InChI=1S/C20H22N4O/c1-21-20(24-14-18-5-3-4-10-22-18)23-13-15-6-7-17-12-19(25-2)9-8-16(17)11-15/h3-12H,13-14H2,1-2H3,(H2,21,23,24). The van der Waals surface area contributed by atoms with Gasteiger partial charge in [-0.1, -0.05) is 24.3 Å². The number of methoxy groups -OCH3 is 1. The third-order valence-corrected chi connectivity index (χ3v) is 3.96. The third-order valence-electron chi connectivity index (χ3n) is 3.96. The van der Waals surface area contributed by atoms with Crippen LogP contribution >= 0.6 is 0 Å². The Morgan fingerprint density at radius 1 is 1.00 bits per heavy atom. The fourth-order valence-electron chi connectivity index (χ4n) is 2.59. The maximum atomic E-state index is 5.27. The number of hydrogen-bond acceptors (Lipinski definition) is 3. The number of nitrogens with one attached hydrogen (secondary N) is 2. The SMILES string of the molecule is CN=C(NCc1ccc2cc(OC)ccc2c1)NCc1ccccn1. The normalized spacial score (nSPS) is 11.4. The van der Waals surface area contributed by atoms with Crippen molar-refractivity contribution >= 4 is 16.7 Å². The molecular weight excluding hydrogens is 312 g/mol. The Hall–Kier alpha value is -3.08. The topological polar surface area (TPSA) is 58.5 Å². The summed E-state index contributed by atoms with van der Waals surface area (Å²) in [5, 5.41) is 8.96. The van der Waals surface area contributed by atoms with Crippen molar-refractivity contribution in [2.75, 3.05) is 14.2 Å². The number of benzene rings is 2. The van der Waals surface area contributed by atoms with E-state index in [1.165, 1.54) is 16.3 Å². The number of ether oxygens (including phenoxy) is 1. The van der Waals surface area contributed by atoms with E-state index in [1.807, 2.05) is 30.3 Å². The lowest BCUT2D eigenvalue weighted by molar-refractivity contribution is 0.415. The maximum Gasteiger partial charge on any atom is 0.191 e. The monoisotopic (exact) mass is 334 g/mol. The smallest absolute Gasteiger partial charge is 0.191 e. The predicted octanol–water partition coefficient (Wildman–Crippen LogP) is 3.11. The predicted molar refractivity (Wildman–Crippen MR) is 102 cm³/mol. The number of pyridine rings is 1. The second kappa shape index (κ2) is 8.15. The highest BCUT2D eigenvalue weighted by molar-refractivity contribution is 5.85. The Morgan fingerprint density at radius 3 is 2.56 bits per heavy atom. The molecule has 0 amide bonds. The van der Waals surface area contributed by atoms with Crippen LogP contribution in [0.25, 0.3) is 10.8 Å². The van der Waals surface area contributed by atoms with Gasteiger partial charge in [0.2, 0.25) is 0 Å². The van der Waals surface area contributed by atoms with Gasteiger partial charge in [0, 0.05) is 19.8 Å². The molecule has 0 radical (unpaired) electrons. The van der Waals surface area contributed by atoms with Gasteiger partial charge < -0.3 is 15.4 Å². The van der Waals surface area contributed by atoms with Crippen LogP contribution in [0.15, 0.2) is 65.8 Å². The average Bonchev–Trinajstić information content (AvgIpc) is 2.68. The highest BCUT2D eigenvalue weighted by Crippen LogP contribution is 2.21. The summed E-state index contributed by atoms with van der Waals surface area (Å²) in [5.41, 5.74) is 2.17. The van der Waals surface area contributed by atoms with E-state index >= 15 is 0 Å². The van der Waals surface area contributed by atoms with Gasteiger partial charge in [-0.15, -0.1) is 0 Å². The zero-order valence-corrected chi connectivity index (χ0v) is 14.5. The summed E-state index contributed by atoms with van der Waals surface area (Å²) in [4.78, 5) is 8.55. The Balaban J connectivity index is 1.60. The first kappa shape index (κ1) is 16.8. The Morgan fingerprint density at radius 2 is 1.80 bits per heavy atom. The van der Waals surface area contributed by atoms with Crippen molar-refractivity contribution in [3.8, 4) is 5.75 Å². The minimum atomic E-state index is 0.637. The molecule has 0 bridgehead atoms. The molecule has 0 saturated heterocycles. The molecule has 0 unspecified atom stereocenters. The van der Waals surface area contributed by atoms with Gasteiger partial charge in [-0.2, -0.15) is 0 Å². The fraction of sp³-hybridized carbons (Fsp3) is 0.200. The van der Waals surface area contributed by atoms with Gasteiger partial charge in [0.1, 0.15) is 5.75 Å². The molecule has 3 aromatic rings. The van der Waals surface area contributed by atoms with Gasteiger partial charge >= 0.3 is 0 Å². The van der Waals surface area contributed by atoms with E-state index in [0.717, 1.165) is 17.4 Å². The molecule has 2 N–H and O–H groups in total. The molecule has 1 aromatic heterocycles. The second-order valence-corrected chi connectivity index (χ2v) is 5.65. The first-order valence-corrected chi connectivity index (χ1v) is 8.19. The van der Waals surface area contributed by atoms with Crippen molar-refractivity contribution in [3.05, 3.63) is 72.1 Å². The molecule has 25 heavy (non-hydrogen) atoms. The average molecular weight is 334 g/mol. The van der Waals surface area contributed by atoms with Crippen LogP contribution in [-0.4, -0.2) is 25.1 Å². The van der Waals surface area contributed by atoms with Crippen molar-refractivity contribution in [3.63, 3.8) is 0 Å². The zero-order valence-electron chi connectivity index (χ0n) is 14.5. The Bertz CT molecular complexity index is 862. The van der Waals surface area contributed by atoms with Crippen LogP contribution in [0.5, 0.6) is 5.75 Å². The van der Waals surface area contributed by atoms with E-state index in [0.29, 0.717) is 13.1 Å². The Kier molecular flexibility index (Phi) is 5.46. The highest BCUT2D eigenvalue weighted by Gasteiger charge is 2.02. The van der Waals surface area contributed by atoms with Crippen LogP contribution in [0, 0.1) is 0 Å². The first-order chi connectivity index (χ1) is 12.3. The molecule has 0 spiro atoms.